The minimum absolute atomic E-state index is 0.200. The van der Waals surface area contributed by atoms with Gasteiger partial charge in [0.2, 0.25) is 0 Å². The molecule has 2 N–H and O–H groups in total. The molecule has 1 aromatic carbocycles. The molecule has 124 valence electrons. The minimum atomic E-state index is -4.71. The number of hydrogen-bond acceptors (Lipinski definition) is 4. The number of ether oxygens (including phenoxy) is 2. The van der Waals surface area contributed by atoms with E-state index >= 15 is 0 Å². The Hall–Kier alpha value is -2.71. The molecule has 0 saturated heterocycles. The molecule has 2 aromatic rings. The van der Waals surface area contributed by atoms with E-state index in [1.807, 2.05) is 0 Å². The van der Waals surface area contributed by atoms with Gasteiger partial charge in [-0.25, -0.2) is 9.78 Å². The lowest BCUT2D eigenvalue weighted by Gasteiger charge is -2.09. The van der Waals surface area contributed by atoms with Crippen molar-refractivity contribution in [3.8, 4) is 11.4 Å². The molecular weight excluding hydrogens is 315 g/mol. The van der Waals surface area contributed by atoms with Crippen LogP contribution in [0.25, 0.3) is 5.69 Å². The van der Waals surface area contributed by atoms with E-state index in [4.69, 9.17) is 5.73 Å². The van der Waals surface area contributed by atoms with Crippen molar-refractivity contribution >= 4 is 6.09 Å². The Morgan fingerprint density at radius 1 is 1.26 bits per heavy atom. The van der Waals surface area contributed by atoms with Gasteiger partial charge in [0.1, 0.15) is 5.75 Å². The third-order valence-corrected chi connectivity index (χ3v) is 2.83. The van der Waals surface area contributed by atoms with Gasteiger partial charge in [0.05, 0.1) is 18.6 Å². The summed E-state index contributed by atoms with van der Waals surface area (Å²) < 4.78 is 46.3. The third-order valence-electron chi connectivity index (χ3n) is 2.83. The summed E-state index contributed by atoms with van der Waals surface area (Å²) in [5.74, 6) is -0.287. The number of carbonyl (C=O) groups is 1. The van der Waals surface area contributed by atoms with E-state index in [-0.39, 0.29) is 12.4 Å². The monoisotopic (exact) mass is 329 g/mol. The van der Waals surface area contributed by atoms with Gasteiger partial charge in [-0.1, -0.05) is 0 Å². The van der Waals surface area contributed by atoms with Gasteiger partial charge in [-0.15, -0.1) is 13.2 Å². The van der Waals surface area contributed by atoms with Gasteiger partial charge in [0.15, 0.2) is 0 Å². The van der Waals surface area contributed by atoms with Crippen molar-refractivity contribution in [3.05, 3.63) is 42.5 Å². The van der Waals surface area contributed by atoms with Gasteiger partial charge in [-0.3, -0.25) is 0 Å². The van der Waals surface area contributed by atoms with Crippen LogP contribution in [0.2, 0.25) is 0 Å². The molecule has 0 fully saturated rings. The molecule has 6 nitrogen and oxygen atoms in total. The first-order valence-electron chi connectivity index (χ1n) is 6.65. The predicted octanol–water partition coefficient (Wildman–Crippen LogP) is 2.80. The van der Waals surface area contributed by atoms with Crippen LogP contribution < -0.4 is 10.5 Å². The van der Waals surface area contributed by atoms with Crippen LogP contribution in [0.15, 0.2) is 36.8 Å². The molecule has 9 heteroatoms. The number of imidazole rings is 1. The Morgan fingerprint density at radius 2 is 1.96 bits per heavy atom. The number of halogens is 3. The van der Waals surface area contributed by atoms with Gasteiger partial charge >= 0.3 is 12.5 Å². The van der Waals surface area contributed by atoms with Gasteiger partial charge < -0.3 is 19.8 Å². The maximum Gasteiger partial charge on any atom is 0.573 e. The molecule has 2 rings (SSSR count). The predicted molar refractivity (Wildman–Crippen MR) is 74.1 cm³/mol. The van der Waals surface area contributed by atoms with Gasteiger partial charge in [0.25, 0.3) is 0 Å². The summed E-state index contributed by atoms with van der Waals surface area (Å²) in [5, 5.41) is 0. The highest BCUT2D eigenvalue weighted by Crippen LogP contribution is 2.23. The van der Waals surface area contributed by atoms with Crippen LogP contribution >= 0.6 is 0 Å². The van der Waals surface area contributed by atoms with E-state index in [0.29, 0.717) is 18.5 Å². The van der Waals surface area contributed by atoms with Crippen LogP contribution in [0, 0.1) is 0 Å². The summed E-state index contributed by atoms with van der Waals surface area (Å²) in [4.78, 5) is 14.6. The van der Waals surface area contributed by atoms with Crippen LogP contribution in [-0.4, -0.2) is 28.6 Å². The van der Waals surface area contributed by atoms with Crippen LogP contribution in [0.4, 0.5) is 18.0 Å². The van der Waals surface area contributed by atoms with Crippen molar-refractivity contribution in [2.24, 2.45) is 5.73 Å². The molecule has 0 radical (unpaired) electrons. The fraction of sp³-hybridized carbons (Fsp3) is 0.286. The van der Waals surface area contributed by atoms with E-state index in [1.165, 1.54) is 24.3 Å². The van der Waals surface area contributed by atoms with Crippen molar-refractivity contribution in [3.63, 3.8) is 0 Å². The summed E-state index contributed by atoms with van der Waals surface area (Å²) in [7, 11) is 0. The largest absolute Gasteiger partial charge is 0.573 e. The Bertz CT molecular complexity index is 653. The van der Waals surface area contributed by atoms with E-state index in [2.05, 4.69) is 14.5 Å². The van der Waals surface area contributed by atoms with Gasteiger partial charge in [0, 0.05) is 11.9 Å². The van der Waals surface area contributed by atoms with Gasteiger partial charge in [-0.2, -0.15) is 0 Å². The number of alkyl halides is 3. The van der Waals surface area contributed by atoms with Crippen molar-refractivity contribution in [2.45, 2.75) is 19.2 Å². The molecule has 0 aliphatic heterocycles. The number of amides is 1. The fourth-order valence-corrected chi connectivity index (χ4v) is 1.88. The number of rotatable bonds is 6. The van der Waals surface area contributed by atoms with Crippen molar-refractivity contribution in [1.82, 2.24) is 9.55 Å². The van der Waals surface area contributed by atoms with E-state index in [0.717, 1.165) is 5.69 Å². The summed E-state index contributed by atoms with van der Waals surface area (Å²) in [6, 6.07) is 5.43. The Kier molecular flexibility index (Phi) is 5.09. The second kappa shape index (κ2) is 7.03. The first kappa shape index (κ1) is 16.7. The molecule has 0 spiro atoms. The lowest BCUT2D eigenvalue weighted by molar-refractivity contribution is -0.274. The van der Waals surface area contributed by atoms with E-state index in [9.17, 15) is 18.0 Å². The SMILES string of the molecule is NC(=O)OCCCc1cn(-c2ccc(OC(F)(F)F)cc2)cn1. The molecule has 0 aliphatic rings. The highest BCUT2D eigenvalue weighted by atomic mass is 19.4. The molecule has 0 unspecified atom stereocenters. The topological polar surface area (TPSA) is 79.4 Å². The maximum absolute atomic E-state index is 12.1. The average Bonchev–Trinajstić information content (AvgIpc) is 2.91. The summed E-state index contributed by atoms with van der Waals surface area (Å²) in [5.41, 5.74) is 6.24. The quantitative estimate of drug-likeness (QED) is 0.827. The van der Waals surface area contributed by atoms with Crippen LogP contribution in [-0.2, 0) is 11.2 Å². The van der Waals surface area contributed by atoms with Gasteiger partial charge in [-0.05, 0) is 37.1 Å². The average molecular weight is 329 g/mol. The van der Waals surface area contributed by atoms with Crippen molar-refractivity contribution < 1.29 is 27.4 Å². The standard InChI is InChI=1S/C14H14F3N3O3/c15-14(16,17)23-12-5-3-11(4-6-12)20-8-10(19-9-20)2-1-7-22-13(18)21/h3-6,8-9H,1-2,7H2,(H2,18,21). The van der Waals surface area contributed by atoms with E-state index < -0.39 is 12.5 Å². The summed E-state index contributed by atoms with van der Waals surface area (Å²) >= 11 is 0. The fourth-order valence-electron chi connectivity index (χ4n) is 1.88. The smallest absolute Gasteiger partial charge is 0.450 e. The molecule has 0 saturated carbocycles. The first-order valence-corrected chi connectivity index (χ1v) is 6.65. The maximum atomic E-state index is 12.1. The zero-order valence-corrected chi connectivity index (χ0v) is 11.9. The number of primary amides is 1. The number of hydrogen-bond donors (Lipinski definition) is 1. The Labute approximate surface area is 129 Å². The van der Waals surface area contributed by atoms with Crippen molar-refractivity contribution in [1.29, 1.82) is 0 Å². The van der Waals surface area contributed by atoms with Crippen LogP contribution in [0.5, 0.6) is 5.75 Å². The summed E-state index contributed by atoms with van der Waals surface area (Å²) in [6.45, 7) is 0.200. The first-order chi connectivity index (χ1) is 10.8. The molecule has 0 bridgehead atoms. The zero-order chi connectivity index (χ0) is 16.9. The Morgan fingerprint density at radius 3 is 2.57 bits per heavy atom. The number of benzene rings is 1. The highest BCUT2D eigenvalue weighted by molar-refractivity contribution is 5.64. The number of nitrogens with two attached hydrogens (primary N) is 1. The zero-order valence-electron chi connectivity index (χ0n) is 11.9. The minimum Gasteiger partial charge on any atom is -0.450 e. The second-order valence-corrected chi connectivity index (χ2v) is 4.59. The molecule has 1 amide bonds. The highest BCUT2D eigenvalue weighted by Gasteiger charge is 2.30. The lowest BCUT2D eigenvalue weighted by atomic mass is 10.2. The molecule has 23 heavy (non-hydrogen) atoms. The Balaban J connectivity index is 1.93. The van der Waals surface area contributed by atoms with Crippen LogP contribution in [0.3, 0.4) is 0 Å². The molecule has 1 heterocycles. The molecule has 0 atom stereocenters. The second-order valence-electron chi connectivity index (χ2n) is 4.59. The third kappa shape index (κ3) is 5.53. The number of carbonyl (C=O) groups excluding carboxylic acids is 1. The van der Waals surface area contributed by atoms with Crippen molar-refractivity contribution in [2.75, 3.05) is 6.61 Å². The number of nitrogens with zero attached hydrogens (tertiary/aromatic N) is 2. The molecular formula is C14H14F3N3O3. The van der Waals surface area contributed by atoms with E-state index in [1.54, 1.807) is 17.1 Å². The lowest BCUT2D eigenvalue weighted by Crippen LogP contribution is -2.17. The molecule has 1 aromatic heterocycles. The molecule has 0 aliphatic carbocycles. The summed E-state index contributed by atoms with van der Waals surface area (Å²) in [6.07, 6.45) is -1.10. The normalized spacial score (nSPS) is 11.3. The number of aromatic nitrogens is 2. The number of aryl methyl sites for hydroxylation is 1. The van der Waals surface area contributed by atoms with Crippen LogP contribution in [0.1, 0.15) is 12.1 Å².